The number of benzene rings is 1. The van der Waals surface area contributed by atoms with Crippen molar-refractivity contribution in [3.63, 3.8) is 0 Å². The maximum Gasteiger partial charge on any atom is 0.244 e. The van der Waals surface area contributed by atoms with Gasteiger partial charge in [-0.05, 0) is 37.5 Å². The summed E-state index contributed by atoms with van der Waals surface area (Å²) in [5.74, 6) is 0.0273. The van der Waals surface area contributed by atoms with Gasteiger partial charge in [0.15, 0.2) is 0 Å². The van der Waals surface area contributed by atoms with Gasteiger partial charge in [0.2, 0.25) is 5.91 Å². The first-order chi connectivity index (χ1) is 9.63. The van der Waals surface area contributed by atoms with Gasteiger partial charge in [-0.3, -0.25) is 9.48 Å². The molecule has 0 spiro atoms. The van der Waals surface area contributed by atoms with Crippen LogP contribution < -0.4 is 11.1 Å². The first-order valence-corrected chi connectivity index (χ1v) is 6.84. The van der Waals surface area contributed by atoms with E-state index in [1.54, 1.807) is 10.9 Å². The number of carbonyl (C=O) groups is 1. The van der Waals surface area contributed by atoms with Gasteiger partial charge in [-0.25, -0.2) is 0 Å². The Bertz CT molecular complexity index is 613. The van der Waals surface area contributed by atoms with E-state index in [1.165, 1.54) is 0 Å². The van der Waals surface area contributed by atoms with E-state index in [1.807, 2.05) is 37.4 Å². The van der Waals surface area contributed by atoms with Crippen LogP contribution in [-0.2, 0) is 4.79 Å². The van der Waals surface area contributed by atoms with Crippen LogP contribution in [0.1, 0.15) is 25.8 Å². The lowest BCUT2D eigenvalue weighted by Crippen LogP contribution is -2.32. The van der Waals surface area contributed by atoms with Crippen molar-refractivity contribution in [1.82, 2.24) is 15.1 Å². The summed E-state index contributed by atoms with van der Waals surface area (Å²) in [6, 6.07) is 7.69. The molecule has 3 N–H and O–H groups in total. The minimum atomic E-state index is -0.293. The highest BCUT2D eigenvalue weighted by Gasteiger charge is 2.26. The second-order valence-electron chi connectivity index (χ2n) is 5.29. The molecule has 1 heterocycles. The number of hydrogen-bond donors (Lipinski definition) is 2. The van der Waals surface area contributed by atoms with E-state index in [0.717, 1.165) is 29.7 Å². The van der Waals surface area contributed by atoms with Crippen LogP contribution >= 0.6 is 0 Å². The first-order valence-electron chi connectivity index (χ1n) is 6.84. The molecular formula is C15H18N4O. The number of rotatable bonds is 4. The molecule has 1 amide bonds. The van der Waals surface area contributed by atoms with Gasteiger partial charge < -0.3 is 11.1 Å². The molecule has 3 rings (SSSR count). The van der Waals surface area contributed by atoms with Crippen LogP contribution in [0.3, 0.4) is 0 Å². The van der Waals surface area contributed by atoms with E-state index in [9.17, 15) is 4.79 Å². The van der Waals surface area contributed by atoms with E-state index >= 15 is 0 Å². The summed E-state index contributed by atoms with van der Waals surface area (Å²) < 4.78 is 1.70. The third-order valence-corrected chi connectivity index (χ3v) is 3.55. The van der Waals surface area contributed by atoms with E-state index < -0.39 is 0 Å². The topological polar surface area (TPSA) is 72.9 Å². The van der Waals surface area contributed by atoms with Crippen LogP contribution in [0.25, 0.3) is 11.1 Å². The Morgan fingerprint density at radius 2 is 2.05 bits per heavy atom. The molecule has 1 fully saturated rings. The van der Waals surface area contributed by atoms with Gasteiger partial charge in [0, 0.05) is 23.5 Å². The molecule has 0 bridgehead atoms. The van der Waals surface area contributed by atoms with Gasteiger partial charge in [-0.1, -0.05) is 12.1 Å². The highest BCUT2D eigenvalue weighted by atomic mass is 16.2. The minimum Gasteiger partial charge on any atom is -0.399 e. The molecule has 1 aromatic carbocycles. The number of nitrogens with zero attached hydrogens (tertiary/aromatic N) is 2. The molecule has 1 aliphatic rings. The van der Waals surface area contributed by atoms with Crippen LogP contribution in [-0.4, -0.2) is 21.7 Å². The molecule has 5 heteroatoms. The highest BCUT2D eigenvalue weighted by molar-refractivity contribution is 5.80. The smallest absolute Gasteiger partial charge is 0.244 e. The van der Waals surface area contributed by atoms with E-state index in [0.29, 0.717) is 6.04 Å². The normalized spacial score (nSPS) is 15.8. The molecule has 1 saturated carbocycles. The summed E-state index contributed by atoms with van der Waals surface area (Å²) in [5.41, 5.74) is 8.44. The van der Waals surface area contributed by atoms with Gasteiger partial charge in [-0.15, -0.1) is 0 Å². The first kappa shape index (κ1) is 12.7. The Labute approximate surface area is 117 Å². The monoisotopic (exact) mass is 270 g/mol. The fourth-order valence-electron chi connectivity index (χ4n) is 2.04. The zero-order valence-electron chi connectivity index (χ0n) is 11.4. The van der Waals surface area contributed by atoms with E-state index in [-0.39, 0.29) is 11.9 Å². The van der Waals surface area contributed by atoms with Crippen LogP contribution in [0.5, 0.6) is 0 Å². The second-order valence-corrected chi connectivity index (χ2v) is 5.29. The molecule has 0 radical (unpaired) electrons. The number of carbonyl (C=O) groups excluding carboxylic acids is 1. The average molecular weight is 270 g/mol. The lowest BCUT2D eigenvalue weighted by molar-refractivity contribution is -0.124. The Hall–Kier alpha value is -2.30. The van der Waals surface area contributed by atoms with Crippen molar-refractivity contribution >= 4 is 11.6 Å². The number of nitrogens with one attached hydrogen (secondary N) is 1. The van der Waals surface area contributed by atoms with Crippen molar-refractivity contribution in [2.24, 2.45) is 0 Å². The highest BCUT2D eigenvalue weighted by Crippen LogP contribution is 2.22. The summed E-state index contributed by atoms with van der Waals surface area (Å²) in [5, 5.41) is 7.28. The molecule has 0 saturated heterocycles. The van der Waals surface area contributed by atoms with E-state index in [4.69, 9.17) is 5.73 Å². The Morgan fingerprint density at radius 3 is 2.70 bits per heavy atom. The lowest BCUT2D eigenvalue weighted by atomic mass is 10.1. The fraction of sp³-hybridized carbons (Fsp3) is 0.333. The van der Waals surface area contributed by atoms with Crippen LogP contribution in [0.2, 0.25) is 0 Å². The van der Waals surface area contributed by atoms with Crippen molar-refractivity contribution in [3.8, 4) is 11.1 Å². The SMILES string of the molecule is CC(C(=O)NC1CC1)n1cc(-c2ccc(N)cc2)cn1. The van der Waals surface area contributed by atoms with Crippen LogP contribution in [0.15, 0.2) is 36.7 Å². The van der Waals surface area contributed by atoms with Crippen molar-refractivity contribution in [2.45, 2.75) is 31.8 Å². The predicted octanol–water partition coefficient (Wildman–Crippen LogP) is 1.97. The summed E-state index contributed by atoms with van der Waals surface area (Å²) in [6.07, 6.45) is 5.84. The van der Waals surface area contributed by atoms with Gasteiger partial charge in [0.1, 0.15) is 6.04 Å². The van der Waals surface area contributed by atoms with Crippen molar-refractivity contribution in [1.29, 1.82) is 0 Å². The number of nitrogen functional groups attached to an aromatic ring is 1. The molecule has 1 unspecified atom stereocenters. The number of anilines is 1. The van der Waals surface area contributed by atoms with Crippen LogP contribution in [0.4, 0.5) is 5.69 Å². The largest absolute Gasteiger partial charge is 0.399 e. The number of nitrogens with two attached hydrogens (primary N) is 1. The standard InChI is InChI=1S/C15H18N4O/c1-10(15(20)18-14-6-7-14)19-9-12(8-17-19)11-2-4-13(16)5-3-11/h2-5,8-10,14H,6-7,16H2,1H3,(H,18,20). The van der Waals surface area contributed by atoms with Gasteiger partial charge >= 0.3 is 0 Å². The zero-order chi connectivity index (χ0) is 14.1. The summed E-state index contributed by atoms with van der Waals surface area (Å²) in [7, 11) is 0. The van der Waals surface area contributed by atoms with Gasteiger partial charge in [0.05, 0.1) is 6.20 Å². The van der Waals surface area contributed by atoms with Gasteiger partial charge in [-0.2, -0.15) is 5.10 Å². The fourth-order valence-corrected chi connectivity index (χ4v) is 2.04. The molecule has 1 aromatic heterocycles. The van der Waals surface area contributed by atoms with Crippen molar-refractivity contribution < 1.29 is 4.79 Å². The number of aromatic nitrogens is 2. The quantitative estimate of drug-likeness (QED) is 0.834. The maximum atomic E-state index is 12.0. The Morgan fingerprint density at radius 1 is 1.35 bits per heavy atom. The predicted molar refractivity (Wildman–Crippen MR) is 78.0 cm³/mol. The average Bonchev–Trinajstić information content (AvgIpc) is 3.12. The third kappa shape index (κ3) is 2.66. The van der Waals surface area contributed by atoms with Crippen LogP contribution in [0, 0.1) is 0 Å². The minimum absolute atomic E-state index is 0.0273. The second kappa shape index (κ2) is 5.00. The molecule has 104 valence electrons. The van der Waals surface area contributed by atoms with Gasteiger partial charge in [0.25, 0.3) is 0 Å². The third-order valence-electron chi connectivity index (χ3n) is 3.55. The molecule has 1 atom stereocenters. The summed E-state index contributed by atoms with van der Waals surface area (Å²) >= 11 is 0. The number of amides is 1. The molecule has 20 heavy (non-hydrogen) atoms. The molecule has 1 aliphatic carbocycles. The molecular weight excluding hydrogens is 252 g/mol. The Kier molecular flexibility index (Phi) is 3.18. The molecule has 0 aliphatic heterocycles. The Balaban J connectivity index is 1.75. The maximum absolute atomic E-state index is 12.0. The zero-order valence-corrected chi connectivity index (χ0v) is 11.4. The van der Waals surface area contributed by atoms with E-state index in [2.05, 4.69) is 10.4 Å². The van der Waals surface area contributed by atoms with Crippen molar-refractivity contribution in [3.05, 3.63) is 36.7 Å². The summed E-state index contributed by atoms with van der Waals surface area (Å²) in [6.45, 7) is 1.86. The molecule has 5 nitrogen and oxygen atoms in total. The van der Waals surface area contributed by atoms with Crippen molar-refractivity contribution in [2.75, 3.05) is 5.73 Å². The molecule has 2 aromatic rings. The number of hydrogen-bond acceptors (Lipinski definition) is 3. The lowest BCUT2D eigenvalue weighted by Gasteiger charge is -2.11. The summed E-state index contributed by atoms with van der Waals surface area (Å²) in [4.78, 5) is 12.0.